The Morgan fingerprint density at radius 2 is 1.72 bits per heavy atom. The van der Waals surface area contributed by atoms with Crippen molar-refractivity contribution >= 4 is 29.2 Å². The van der Waals surface area contributed by atoms with E-state index in [-0.39, 0.29) is 27.9 Å². The molecule has 0 saturated carbocycles. The summed E-state index contributed by atoms with van der Waals surface area (Å²) in [6, 6.07) is 19.6. The third kappa shape index (κ3) is 4.70. The average molecular weight is 403 g/mol. The van der Waals surface area contributed by atoms with Crippen LogP contribution >= 0.6 is 11.8 Å². The quantitative estimate of drug-likeness (QED) is 0.622. The number of thioether (sulfide) groups is 1. The van der Waals surface area contributed by atoms with Gasteiger partial charge in [-0.25, -0.2) is 9.37 Å². The summed E-state index contributed by atoms with van der Waals surface area (Å²) in [5.74, 6) is -0.797. The molecule has 29 heavy (non-hydrogen) atoms. The van der Waals surface area contributed by atoms with Gasteiger partial charge in [0, 0.05) is 5.69 Å². The van der Waals surface area contributed by atoms with Crippen LogP contribution in [0.1, 0.15) is 21.9 Å². The summed E-state index contributed by atoms with van der Waals surface area (Å²) in [6.45, 7) is 0. The van der Waals surface area contributed by atoms with E-state index >= 15 is 0 Å². The Balaban J connectivity index is 1.96. The van der Waals surface area contributed by atoms with Gasteiger partial charge in [-0.05, 0) is 35.9 Å². The standard InChI is InChI=1S/C21H14FN5OS/c22-16-6-8-17(9-7-16)26-20(28)18(13-4-2-1-3-5-13)29-21-15(12-24)10-14(11-23)19(25)27-21/h1-10,18H,(H2,25,27)(H,26,28). The monoisotopic (exact) mass is 403 g/mol. The summed E-state index contributed by atoms with van der Waals surface area (Å²) in [5.41, 5.74) is 7.16. The maximum Gasteiger partial charge on any atom is 0.242 e. The maximum atomic E-state index is 13.1. The van der Waals surface area contributed by atoms with Crippen LogP contribution in [0.5, 0.6) is 0 Å². The van der Waals surface area contributed by atoms with Gasteiger partial charge in [0.2, 0.25) is 5.91 Å². The molecule has 1 atom stereocenters. The molecule has 0 fully saturated rings. The molecule has 0 aliphatic heterocycles. The van der Waals surface area contributed by atoms with Gasteiger partial charge in [-0.3, -0.25) is 4.79 Å². The number of carbonyl (C=O) groups is 1. The molecule has 1 amide bonds. The molecule has 0 radical (unpaired) electrons. The molecule has 2 aromatic carbocycles. The lowest BCUT2D eigenvalue weighted by Crippen LogP contribution is -2.19. The second-order valence-electron chi connectivity index (χ2n) is 5.90. The summed E-state index contributed by atoms with van der Waals surface area (Å²) in [4.78, 5) is 17.1. The van der Waals surface area contributed by atoms with Crippen molar-refractivity contribution in [1.82, 2.24) is 4.98 Å². The van der Waals surface area contributed by atoms with Crippen molar-refractivity contribution in [2.45, 2.75) is 10.3 Å². The first-order chi connectivity index (χ1) is 14.0. The fraction of sp³-hybridized carbons (Fsp3) is 0.0476. The Morgan fingerprint density at radius 1 is 1.07 bits per heavy atom. The second kappa shape index (κ2) is 8.87. The van der Waals surface area contributed by atoms with E-state index in [0.29, 0.717) is 11.3 Å². The predicted molar refractivity (Wildman–Crippen MR) is 108 cm³/mol. The van der Waals surface area contributed by atoms with Crippen molar-refractivity contribution in [2.24, 2.45) is 0 Å². The highest BCUT2D eigenvalue weighted by molar-refractivity contribution is 8.00. The zero-order valence-electron chi connectivity index (χ0n) is 15.0. The van der Waals surface area contributed by atoms with Gasteiger partial charge in [0.15, 0.2) is 0 Å². The van der Waals surface area contributed by atoms with Gasteiger partial charge in [0.05, 0.1) is 11.1 Å². The molecule has 3 N–H and O–H groups in total. The number of nitrogens with one attached hydrogen (secondary N) is 1. The molecule has 1 aromatic heterocycles. The molecule has 3 aromatic rings. The number of aromatic nitrogens is 1. The summed E-state index contributed by atoms with van der Waals surface area (Å²) >= 11 is 1.05. The van der Waals surface area contributed by atoms with E-state index in [9.17, 15) is 14.4 Å². The molecule has 0 aliphatic carbocycles. The van der Waals surface area contributed by atoms with Crippen LogP contribution in [-0.2, 0) is 4.79 Å². The van der Waals surface area contributed by atoms with Crippen LogP contribution in [0.25, 0.3) is 0 Å². The van der Waals surface area contributed by atoms with Crippen LogP contribution in [0.2, 0.25) is 0 Å². The number of hydrogen-bond acceptors (Lipinski definition) is 6. The van der Waals surface area contributed by atoms with Gasteiger partial charge in [-0.2, -0.15) is 10.5 Å². The van der Waals surface area contributed by atoms with Gasteiger partial charge in [0.1, 0.15) is 34.0 Å². The summed E-state index contributed by atoms with van der Waals surface area (Å²) in [5, 5.41) is 20.7. The lowest BCUT2D eigenvalue weighted by atomic mass is 10.1. The first-order valence-corrected chi connectivity index (χ1v) is 9.28. The Morgan fingerprint density at radius 3 is 2.34 bits per heavy atom. The lowest BCUT2D eigenvalue weighted by molar-refractivity contribution is -0.115. The van der Waals surface area contributed by atoms with E-state index in [1.54, 1.807) is 24.3 Å². The first-order valence-electron chi connectivity index (χ1n) is 8.40. The third-order valence-corrected chi connectivity index (χ3v) is 5.20. The van der Waals surface area contributed by atoms with Crippen LogP contribution < -0.4 is 11.1 Å². The zero-order valence-corrected chi connectivity index (χ0v) is 15.8. The Labute approximate surface area is 170 Å². The maximum absolute atomic E-state index is 13.1. The number of anilines is 2. The largest absolute Gasteiger partial charge is 0.383 e. The Hall–Kier alpha value is -3.88. The first kappa shape index (κ1) is 19.9. The van der Waals surface area contributed by atoms with Crippen LogP contribution in [0.15, 0.2) is 65.7 Å². The molecule has 1 unspecified atom stereocenters. The number of pyridine rings is 1. The highest BCUT2D eigenvalue weighted by Crippen LogP contribution is 2.37. The number of halogens is 1. The molecular formula is C21H14FN5OS. The van der Waals surface area contributed by atoms with Crippen LogP contribution in [0.4, 0.5) is 15.9 Å². The van der Waals surface area contributed by atoms with E-state index in [4.69, 9.17) is 11.0 Å². The van der Waals surface area contributed by atoms with Crippen molar-refractivity contribution < 1.29 is 9.18 Å². The molecule has 142 valence electrons. The number of nitrogens with two attached hydrogens (primary N) is 1. The minimum Gasteiger partial charge on any atom is -0.383 e. The fourth-order valence-electron chi connectivity index (χ4n) is 2.52. The smallest absolute Gasteiger partial charge is 0.242 e. The molecule has 3 rings (SSSR count). The predicted octanol–water partition coefficient (Wildman–Crippen LogP) is 4.02. The van der Waals surface area contributed by atoms with Crippen LogP contribution in [-0.4, -0.2) is 10.9 Å². The van der Waals surface area contributed by atoms with E-state index in [0.717, 1.165) is 11.8 Å². The molecule has 8 heteroatoms. The lowest BCUT2D eigenvalue weighted by Gasteiger charge is -2.17. The van der Waals surface area contributed by atoms with E-state index < -0.39 is 11.1 Å². The normalized spacial score (nSPS) is 11.1. The van der Waals surface area contributed by atoms with Crippen molar-refractivity contribution in [2.75, 3.05) is 11.1 Å². The number of rotatable bonds is 5. The number of nitrogens with zero attached hydrogens (tertiary/aromatic N) is 3. The highest BCUT2D eigenvalue weighted by atomic mass is 32.2. The van der Waals surface area contributed by atoms with Gasteiger partial charge in [-0.15, -0.1) is 0 Å². The van der Waals surface area contributed by atoms with Gasteiger partial charge >= 0.3 is 0 Å². The zero-order chi connectivity index (χ0) is 20.8. The number of nitrogen functional groups attached to an aromatic ring is 1. The SMILES string of the molecule is N#Cc1cc(C#N)c(SC(C(=O)Nc2ccc(F)cc2)c2ccccc2)nc1N. The molecule has 1 heterocycles. The Kier molecular flexibility index (Phi) is 6.08. The third-order valence-electron chi connectivity index (χ3n) is 3.94. The van der Waals surface area contributed by atoms with E-state index in [1.165, 1.54) is 30.3 Å². The van der Waals surface area contributed by atoms with Crippen molar-refractivity contribution in [1.29, 1.82) is 10.5 Å². The molecule has 0 spiro atoms. The van der Waals surface area contributed by atoms with Crippen molar-refractivity contribution in [3.05, 3.63) is 83.2 Å². The van der Waals surface area contributed by atoms with Crippen LogP contribution in [0.3, 0.4) is 0 Å². The van der Waals surface area contributed by atoms with Gasteiger partial charge in [-0.1, -0.05) is 42.1 Å². The number of hydrogen-bond donors (Lipinski definition) is 2. The van der Waals surface area contributed by atoms with Gasteiger partial charge < -0.3 is 11.1 Å². The number of benzene rings is 2. The molecule has 0 aliphatic rings. The van der Waals surface area contributed by atoms with Crippen molar-refractivity contribution in [3.63, 3.8) is 0 Å². The number of nitriles is 2. The van der Waals surface area contributed by atoms with E-state index in [2.05, 4.69) is 10.3 Å². The number of carbonyl (C=O) groups excluding carboxylic acids is 1. The molecule has 0 bridgehead atoms. The average Bonchev–Trinajstić information content (AvgIpc) is 2.74. The van der Waals surface area contributed by atoms with Crippen LogP contribution in [0, 0.1) is 28.5 Å². The highest BCUT2D eigenvalue weighted by Gasteiger charge is 2.25. The number of amides is 1. The van der Waals surface area contributed by atoms with Crippen molar-refractivity contribution in [3.8, 4) is 12.1 Å². The van der Waals surface area contributed by atoms with Gasteiger partial charge in [0.25, 0.3) is 0 Å². The summed E-state index contributed by atoms with van der Waals surface area (Å²) < 4.78 is 13.1. The second-order valence-corrected chi connectivity index (χ2v) is 7.00. The summed E-state index contributed by atoms with van der Waals surface area (Å²) in [6.07, 6.45) is 0. The Bertz CT molecular complexity index is 1120. The molecule has 6 nitrogen and oxygen atoms in total. The topological polar surface area (TPSA) is 116 Å². The van der Waals surface area contributed by atoms with E-state index in [1.807, 2.05) is 18.2 Å². The minimum absolute atomic E-state index is 0.0141. The fourth-order valence-corrected chi connectivity index (χ4v) is 3.59. The summed E-state index contributed by atoms with van der Waals surface area (Å²) in [7, 11) is 0. The molecular weight excluding hydrogens is 389 g/mol. The molecule has 0 saturated heterocycles. The minimum atomic E-state index is -0.756.